The Morgan fingerprint density at radius 2 is 1.37 bits per heavy atom. The fraction of sp³-hybridized carbons (Fsp3) is 0.619. The van der Waals surface area contributed by atoms with Crippen molar-refractivity contribution in [3.8, 4) is 0 Å². The number of likely N-dealkylation sites (N-methyl/N-ethyl adjacent to an activating group) is 1. The summed E-state index contributed by atoms with van der Waals surface area (Å²) in [6.45, 7) is 11.7. The Labute approximate surface area is 162 Å². The molecule has 0 aliphatic carbocycles. The van der Waals surface area contributed by atoms with Gasteiger partial charge in [0.25, 0.3) is 0 Å². The zero-order valence-corrected chi connectivity index (χ0v) is 17.1. The lowest BCUT2D eigenvalue weighted by Gasteiger charge is -2.41. The van der Waals surface area contributed by atoms with Crippen molar-refractivity contribution >= 4 is 17.5 Å². The van der Waals surface area contributed by atoms with Crippen LogP contribution in [0.1, 0.15) is 19.4 Å². The number of carbonyl (C=O) groups excluding carboxylic acids is 2. The lowest BCUT2D eigenvalue weighted by molar-refractivity contribution is -0.155. The minimum Gasteiger partial charge on any atom is -0.368 e. The third-order valence-corrected chi connectivity index (χ3v) is 5.79. The summed E-state index contributed by atoms with van der Waals surface area (Å²) in [5.74, 6) is -0.0861. The van der Waals surface area contributed by atoms with Gasteiger partial charge in [0.2, 0.25) is 11.8 Å². The largest absolute Gasteiger partial charge is 0.368 e. The van der Waals surface area contributed by atoms with Crippen LogP contribution in [0.3, 0.4) is 0 Å². The zero-order valence-electron chi connectivity index (χ0n) is 17.1. The number of hydrogen-bond donors (Lipinski definition) is 0. The molecule has 2 aliphatic heterocycles. The second kappa shape index (κ2) is 7.89. The third kappa shape index (κ3) is 4.26. The number of hydrogen-bond acceptors (Lipinski definition) is 4. The maximum Gasteiger partial charge on any atom is 0.237 e. The van der Waals surface area contributed by atoms with E-state index in [4.69, 9.17) is 0 Å². The maximum atomic E-state index is 13.1. The summed E-state index contributed by atoms with van der Waals surface area (Å²) < 4.78 is 0. The van der Waals surface area contributed by atoms with E-state index in [9.17, 15) is 9.59 Å². The van der Waals surface area contributed by atoms with E-state index < -0.39 is 5.41 Å². The molecule has 27 heavy (non-hydrogen) atoms. The molecule has 6 heteroatoms. The van der Waals surface area contributed by atoms with Crippen molar-refractivity contribution in [2.45, 2.75) is 20.8 Å². The van der Waals surface area contributed by atoms with E-state index in [1.165, 1.54) is 11.3 Å². The van der Waals surface area contributed by atoms with Crippen molar-refractivity contribution in [1.29, 1.82) is 0 Å². The van der Waals surface area contributed by atoms with Crippen LogP contribution >= 0.6 is 0 Å². The van der Waals surface area contributed by atoms with Crippen molar-refractivity contribution in [1.82, 2.24) is 14.7 Å². The molecule has 0 bridgehead atoms. The Morgan fingerprint density at radius 1 is 0.852 bits per heavy atom. The predicted molar refractivity (Wildman–Crippen MR) is 108 cm³/mol. The van der Waals surface area contributed by atoms with Crippen LogP contribution in [0.4, 0.5) is 5.69 Å². The molecule has 6 nitrogen and oxygen atoms in total. The van der Waals surface area contributed by atoms with E-state index in [0.29, 0.717) is 26.2 Å². The lowest BCUT2D eigenvalue weighted by atomic mass is 9.89. The van der Waals surface area contributed by atoms with Gasteiger partial charge in [0.15, 0.2) is 0 Å². The topological polar surface area (TPSA) is 47.1 Å². The lowest BCUT2D eigenvalue weighted by Crippen LogP contribution is -2.58. The van der Waals surface area contributed by atoms with Crippen LogP contribution in [0, 0.1) is 12.3 Å². The highest BCUT2D eigenvalue weighted by molar-refractivity contribution is 6.04. The Hall–Kier alpha value is -2.08. The summed E-state index contributed by atoms with van der Waals surface area (Å²) >= 11 is 0. The predicted octanol–water partition coefficient (Wildman–Crippen LogP) is 1.44. The van der Waals surface area contributed by atoms with Gasteiger partial charge in [-0.2, -0.15) is 0 Å². The Bertz CT molecular complexity index is 687. The van der Waals surface area contributed by atoms with Crippen LogP contribution in [0.2, 0.25) is 0 Å². The molecular weight excluding hydrogens is 340 g/mol. The van der Waals surface area contributed by atoms with Gasteiger partial charge in [-0.1, -0.05) is 12.1 Å². The Kier molecular flexibility index (Phi) is 5.75. The van der Waals surface area contributed by atoms with Crippen LogP contribution in [0.25, 0.3) is 0 Å². The van der Waals surface area contributed by atoms with Crippen molar-refractivity contribution in [2.24, 2.45) is 5.41 Å². The van der Waals surface area contributed by atoms with Gasteiger partial charge in [0.1, 0.15) is 5.41 Å². The Balaban J connectivity index is 1.60. The molecule has 1 aromatic rings. The van der Waals surface area contributed by atoms with E-state index in [0.717, 1.165) is 26.2 Å². The third-order valence-electron chi connectivity index (χ3n) is 5.79. The molecule has 1 aromatic carbocycles. The average molecular weight is 373 g/mol. The number of anilines is 1. The molecule has 2 amide bonds. The minimum atomic E-state index is -0.999. The number of nitrogens with zero attached hydrogens (tertiary/aromatic N) is 4. The number of benzene rings is 1. The highest BCUT2D eigenvalue weighted by Crippen LogP contribution is 2.25. The smallest absolute Gasteiger partial charge is 0.237 e. The molecule has 3 rings (SSSR count). The van der Waals surface area contributed by atoms with Crippen molar-refractivity contribution in [2.75, 3.05) is 64.3 Å². The minimum absolute atomic E-state index is 0.0401. The normalized spacial score (nSPS) is 19.3. The summed E-state index contributed by atoms with van der Waals surface area (Å²) in [5.41, 5.74) is 1.45. The first kappa shape index (κ1) is 19.7. The quantitative estimate of drug-likeness (QED) is 0.754. The van der Waals surface area contributed by atoms with Gasteiger partial charge in [0.05, 0.1) is 0 Å². The number of carbonyl (C=O) groups is 2. The summed E-state index contributed by atoms with van der Waals surface area (Å²) in [7, 11) is 2.06. The van der Waals surface area contributed by atoms with Gasteiger partial charge < -0.3 is 19.6 Å². The van der Waals surface area contributed by atoms with Crippen LogP contribution in [-0.4, -0.2) is 85.9 Å². The summed E-state index contributed by atoms with van der Waals surface area (Å²) in [5, 5.41) is 0. The van der Waals surface area contributed by atoms with E-state index >= 15 is 0 Å². The molecule has 2 fully saturated rings. The highest BCUT2D eigenvalue weighted by Gasteiger charge is 2.42. The number of piperazine rings is 2. The highest BCUT2D eigenvalue weighted by atomic mass is 16.2. The zero-order chi connectivity index (χ0) is 19.6. The molecule has 0 unspecified atom stereocenters. The second-order valence-electron chi connectivity index (χ2n) is 8.34. The van der Waals surface area contributed by atoms with E-state index in [1.54, 1.807) is 13.8 Å². The number of rotatable bonds is 3. The van der Waals surface area contributed by atoms with E-state index in [-0.39, 0.29) is 11.8 Å². The van der Waals surface area contributed by atoms with Gasteiger partial charge in [-0.3, -0.25) is 9.59 Å². The van der Waals surface area contributed by atoms with Crippen LogP contribution in [0.15, 0.2) is 24.3 Å². The summed E-state index contributed by atoms with van der Waals surface area (Å²) in [6.07, 6.45) is 0. The second-order valence-corrected chi connectivity index (χ2v) is 8.34. The molecule has 148 valence electrons. The van der Waals surface area contributed by atoms with Crippen LogP contribution in [-0.2, 0) is 9.59 Å². The molecule has 2 saturated heterocycles. The summed E-state index contributed by atoms with van der Waals surface area (Å²) in [4.78, 5) is 34.3. The standard InChI is InChI=1S/C21H32N4O2/c1-17-6-5-7-18(16-17)23-12-14-25(15-13-23)20(27)21(2,3)19(26)24-10-8-22(4)9-11-24/h5-7,16H,8-15H2,1-4H3. The van der Waals surface area contributed by atoms with Crippen LogP contribution < -0.4 is 4.90 Å². The number of aryl methyl sites for hydroxylation is 1. The molecule has 0 radical (unpaired) electrons. The first-order chi connectivity index (χ1) is 12.8. The van der Waals surface area contributed by atoms with Crippen molar-refractivity contribution < 1.29 is 9.59 Å². The molecule has 2 aliphatic rings. The van der Waals surface area contributed by atoms with E-state index in [1.807, 2.05) is 9.80 Å². The van der Waals surface area contributed by atoms with Gasteiger partial charge in [0, 0.05) is 58.0 Å². The first-order valence-electron chi connectivity index (χ1n) is 9.88. The summed E-state index contributed by atoms with van der Waals surface area (Å²) in [6, 6.07) is 8.46. The SMILES string of the molecule is Cc1cccc(N2CCN(C(=O)C(C)(C)C(=O)N3CCN(C)CC3)CC2)c1. The molecule has 0 spiro atoms. The average Bonchev–Trinajstić information content (AvgIpc) is 2.67. The van der Waals surface area contributed by atoms with Gasteiger partial charge in [-0.05, 0) is 45.5 Å². The van der Waals surface area contributed by atoms with Gasteiger partial charge in [-0.15, -0.1) is 0 Å². The van der Waals surface area contributed by atoms with Crippen LogP contribution in [0.5, 0.6) is 0 Å². The fourth-order valence-corrected chi connectivity index (χ4v) is 3.88. The number of amides is 2. The van der Waals surface area contributed by atoms with Crippen molar-refractivity contribution in [3.63, 3.8) is 0 Å². The van der Waals surface area contributed by atoms with E-state index in [2.05, 4.69) is 48.0 Å². The maximum absolute atomic E-state index is 13.1. The first-order valence-corrected chi connectivity index (χ1v) is 9.88. The molecule has 0 N–H and O–H groups in total. The Morgan fingerprint density at radius 3 is 1.89 bits per heavy atom. The van der Waals surface area contributed by atoms with Crippen molar-refractivity contribution in [3.05, 3.63) is 29.8 Å². The van der Waals surface area contributed by atoms with Gasteiger partial charge >= 0.3 is 0 Å². The fourth-order valence-electron chi connectivity index (χ4n) is 3.88. The molecule has 0 aromatic heterocycles. The molecule has 0 atom stereocenters. The molecular formula is C21H32N4O2. The van der Waals surface area contributed by atoms with Gasteiger partial charge in [-0.25, -0.2) is 0 Å². The monoisotopic (exact) mass is 372 g/mol. The molecule has 2 heterocycles. The molecule has 0 saturated carbocycles.